The summed E-state index contributed by atoms with van der Waals surface area (Å²) in [5.41, 5.74) is 4.52. The second kappa shape index (κ2) is 10.5. The van der Waals surface area contributed by atoms with Crippen molar-refractivity contribution >= 4 is 40.4 Å². The number of fused-ring (bicyclic) bond motifs is 7. The molecule has 4 heterocycles. The summed E-state index contributed by atoms with van der Waals surface area (Å²) in [7, 11) is 0. The van der Waals surface area contributed by atoms with Crippen molar-refractivity contribution in [1.29, 1.82) is 0 Å². The van der Waals surface area contributed by atoms with Gasteiger partial charge in [0.15, 0.2) is 0 Å². The molecule has 3 N–H and O–H groups in total. The topological polar surface area (TPSA) is 104 Å². The standard InChI is InChI=1S/C29H32N4O4S/c1-38-14-12-23(27(34)30-16-17-7-6-13-37-17)32-28(35)24-15-21-18-8-4-5-11-22(18)31-25(21)26-19-9-2-3-10-20(19)29(36)33(24)26/h2-5,8-11,17,23-24,26,31H,6-7,12-16H2,1H3,(H,30,34)(H,32,35)/t17-,23-,24-,26-/m0/s1. The Bertz CT molecular complexity index is 1380. The Kier molecular flexibility index (Phi) is 6.88. The third-order valence-corrected chi connectivity index (χ3v) is 8.57. The van der Waals surface area contributed by atoms with Crippen molar-refractivity contribution in [2.75, 3.05) is 25.2 Å². The molecular formula is C29H32N4O4S. The number of hydrogen-bond donors (Lipinski definition) is 3. The fourth-order valence-corrected chi connectivity index (χ4v) is 6.52. The number of nitrogens with one attached hydrogen (secondary N) is 3. The van der Waals surface area contributed by atoms with Crippen LogP contribution in [0, 0.1) is 0 Å². The van der Waals surface area contributed by atoms with Crippen molar-refractivity contribution in [3.63, 3.8) is 0 Å². The summed E-state index contributed by atoms with van der Waals surface area (Å²) < 4.78 is 5.64. The summed E-state index contributed by atoms with van der Waals surface area (Å²) in [6, 6.07) is 13.8. The van der Waals surface area contributed by atoms with Crippen molar-refractivity contribution < 1.29 is 19.1 Å². The van der Waals surface area contributed by atoms with Crippen LogP contribution in [0.5, 0.6) is 0 Å². The average molecular weight is 533 g/mol. The lowest BCUT2D eigenvalue weighted by Crippen LogP contribution is -2.57. The van der Waals surface area contributed by atoms with Crippen LogP contribution in [0.3, 0.4) is 0 Å². The lowest BCUT2D eigenvalue weighted by molar-refractivity contribution is -0.132. The lowest BCUT2D eigenvalue weighted by Gasteiger charge is -2.37. The first-order chi connectivity index (χ1) is 18.6. The summed E-state index contributed by atoms with van der Waals surface area (Å²) in [6.07, 6.45) is 4.82. The smallest absolute Gasteiger partial charge is 0.255 e. The molecule has 0 bridgehead atoms. The van der Waals surface area contributed by atoms with E-state index in [1.165, 1.54) is 0 Å². The zero-order valence-corrected chi connectivity index (χ0v) is 22.2. The summed E-state index contributed by atoms with van der Waals surface area (Å²) in [6.45, 7) is 1.16. The predicted molar refractivity (Wildman–Crippen MR) is 147 cm³/mol. The number of rotatable bonds is 8. The number of H-pyrrole nitrogens is 1. The van der Waals surface area contributed by atoms with Gasteiger partial charge in [-0.15, -0.1) is 0 Å². The molecule has 9 heteroatoms. The van der Waals surface area contributed by atoms with E-state index in [9.17, 15) is 14.4 Å². The first-order valence-electron chi connectivity index (χ1n) is 13.3. The number of aromatic nitrogens is 1. The highest BCUT2D eigenvalue weighted by Gasteiger charge is 2.49. The van der Waals surface area contributed by atoms with Gasteiger partial charge in [-0.05, 0) is 54.5 Å². The normalized spacial score (nSPS) is 22.6. The van der Waals surface area contributed by atoms with Crippen LogP contribution >= 0.6 is 11.8 Å². The number of hydrogen-bond acceptors (Lipinski definition) is 5. The van der Waals surface area contributed by atoms with Crippen LogP contribution in [0.25, 0.3) is 10.9 Å². The number of benzene rings is 2. The molecule has 1 saturated heterocycles. The Hall–Kier alpha value is -3.30. The van der Waals surface area contributed by atoms with Gasteiger partial charge >= 0.3 is 0 Å². The molecule has 3 aliphatic heterocycles. The molecule has 38 heavy (non-hydrogen) atoms. The largest absolute Gasteiger partial charge is 0.376 e. The summed E-state index contributed by atoms with van der Waals surface area (Å²) in [4.78, 5) is 46.0. The molecule has 3 aliphatic rings. The van der Waals surface area contributed by atoms with Crippen molar-refractivity contribution in [3.05, 3.63) is 70.9 Å². The summed E-state index contributed by atoms with van der Waals surface area (Å²) in [5.74, 6) is 0.0646. The number of thioether (sulfide) groups is 1. The van der Waals surface area contributed by atoms with Crippen molar-refractivity contribution in [1.82, 2.24) is 20.5 Å². The molecule has 1 aromatic heterocycles. The highest BCUT2D eigenvalue weighted by molar-refractivity contribution is 7.98. The van der Waals surface area contributed by atoms with Crippen LogP contribution in [0.4, 0.5) is 0 Å². The monoisotopic (exact) mass is 532 g/mol. The molecule has 8 nitrogen and oxygen atoms in total. The van der Waals surface area contributed by atoms with Gasteiger partial charge in [0.2, 0.25) is 11.8 Å². The second-order valence-electron chi connectivity index (χ2n) is 10.2. The number of ether oxygens (including phenoxy) is 1. The highest BCUT2D eigenvalue weighted by Crippen LogP contribution is 2.46. The number of carbonyl (C=O) groups is 3. The number of nitrogens with zero attached hydrogens (tertiary/aromatic N) is 1. The molecule has 2 aromatic carbocycles. The number of aromatic amines is 1. The number of carbonyl (C=O) groups excluding carboxylic acids is 3. The van der Waals surface area contributed by atoms with E-state index in [0.717, 1.165) is 52.9 Å². The van der Waals surface area contributed by atoms with E-state index in [1.807, 2.05) is 48.7 Å². The van der Waals surface area contributed by atoms with Gasteiger partial charge in [-0.2, -0.15) is 11.8 Å². The Balaban J connectivity index is 1.30. The van der Waals surface area contributed by atoms with E-state index in [1.54, 1.807) is 16.7 Å². The van der Waals surface area contributed by atoms with Crippen molar-refractivity contribution in [3.8, 4) is 0 Å². The predicted octanol–water partition coefficient (Wildman–Crippen LogP) is 3.17. The van der Waals surface area contributed by atoms with Crippen LogP contribution in [0.1, 0.15) is 52.5 Å². The molecule has 0 radical (unpaired) electrons. The fourth-order valence-electron chi connectivity index (χ4n) is 6.05. The zero-order chi connectivity index (χ0) is 26.2. The molecule has 0 unspecified atom stereocenters. The maximum Gasteiger partial charge on any atom is 0.255 e. The fraction of sp³-hybridized carbons (Fsp3) is 0.414. The van der Waals surface area contributed by atoms with Gasteiger partial charge in [-0.1, -0.05) is 36.4 Å². The Morgan fingerprint density at radius 2 is 2.00 bits per heavy atom. The van der Waals surface area contributed by atoms with Crippen LogP contribution in [-0.4, -0.2) is 71.0 Å². The Labute approximate surface area is 225 Å². The van der Waals surface area contributed by atoms with Crippen LogP contribution in [0.15, 0.2) is 48.5 Å². The van der Waals surface area contributed by atoms with E-state index in [2.05, 4.69) is 21.7 Å². The molecule has 0 spiro atoms. The van der Waals surface area contributed by atoms with E-state index in [0.29, 0.717) is 24.9 Å². The third-order valence-electron chi connectivity index (χ3n) is 7.93. The van der Waals surface area contributed by atoms with E-state index >= 15 is 0 Å². The first-order valence-corrected chi connectivity index (χ1v) is 14.7. The van der Waals surface area contributed by atoms with E-state index < -0.39 is 12.1 Å². The van der Waals surface area contributed by atoms with Crippen LogP contribution in [0.2, 0.25) is 0 Å². The van der Waals surface area contributed by atoms with E-state index in [4.69, 9.17) is 4.74 Å². The maximum atomic E-state index is 13.9. The Morgan fingerprint density at radius 1 is 1.18 bits per heavy atom. The molecular weight excluding hydrogens is 500 g/mol. The van der Waals surface area contributed by atoms with Crippen LogP contribution in [-0.2, 0) is 20.7 Å². The SMILES string of the molecule is CSCC[C@H](NC(=O)[C@@H]1Cc2c([nH]c3ccccc23)[C@@H]2c3ccccc3C(=O)N21)C(=O)NC[C@@H]1CCCO1. The Morgan fingerprint density at radius 3 is 2.82 bits per heavy atom. The first kappa shape index (κ1) is 25.0. The van der Waals surface area contributed by atoms with Crippen molar-refractivity contribution in [2.24, 2.45) is 0 Å². The molecule has 6 rings (SSSR count). The van der Waals surface area contributed by atoms with Gasteiger partial charge in [0.1, 0.15) is 12.1 Å². The van der Waals surface area contributed by atoms with Gasteiger partial charge in [0, 0.05) is 41.7 Å². The molecule has 198 valence electrons. The third kappa shape index (κ3) is 4.37. The van der Waals surface area contributed by atoms with Gasteiger partial charge in [0.25, 0.3) is 5.91 Å². The van der Waals surface area contributed by atoms with Gasteiger partial charge in [-0.25, -0.2) is 0 Å². The minimum absolute atomic E-state index is 0.0240. The number of para-hydroxylation sites is 1. The minimum Gasteiger partial charge on any atom is -0.376 e. The molecule has 3 amide bonds. The molecule has 3 aromatic rings. The highest BCUT2D eigenvalue weighted by atomic mass is 32.2. The van der Waals surface area contributed by atoms with Crippen LogP contribution < -0.4 is 10.6 Å². The number of amides is 3. The van der Waals surface area contributed by atoms with Gasteiger partial charge < -0.3 is 25.3 Å². The average Bonchev–Trinajstić information content (AvgIpc) is 3.66. The molecule has 1 fully saturated rings. The summed E-state index contributed by atoms with van der Waals surface area (Å²) >= 11 is 1.63. The zero-order valence-electron chi connectivity index (χ0n) is 21.4. The molecule has 4 atom stereocenters. The lowest BCUT2D eigenvalue weighted by atomic mass is 9.89. The molecule has 0 saturated carbocycles. The maximum absolute atomic E-state index is 13.9. The minimum atomic E-state index is -0.727. The van der Waals surface area contributed by atoms with Gasteiger partial charge in [-0.3, -0.25) is 14.4 Å². The quantitative estimate of drug-likeness (QED) is 0.414. The van der Waals surface area contributed by atoms with E-state index in [-0.39, 0.29) is 29.9 Å². The molecule has 0 aliphatic carbocycles. The van der Waals surface area contributed by atoms with Gasteiger partial charge in [0.05, 0.1) is 12.1 Å². The van der Waals surface area contributed by atoms with Crippen molar-refractivity contribution in [2.45, 2.75) is 49.9 Å². The second-order valence-corrected chi connectivity index (χ2v) is 11.2. The summed E-state index contributed by atoms with van der Waals surface area (Å²) in [5, 5.41) is 7.05.